The molecule has 0 bridgehead atoms. The number of imide groups is 1. The van der Waals surface area contributed by atoms with Crippen molar-refractivity contribution in [2.24, 2.45) is 0 Å². The zero-order chi connectivity index (χ0) is 17.4. The number of nitrogens with zero attached hydrogens (tertiary/aromatic N) is 1. The van der Waals surface area contributed by atoms with E-state index in [1.165, 1.54) is 6.07 Å². The molecule has 0 radical (unpaired) electrons. The first-order valence-electron chi connectivity index (χ1n) is 7.53. The fourth-order valence-electron chi connectivity index (χ4n) is 2.69. The van der Waals surface area contributed by atoms with Crippen molar-refractivity contribution in [2.45, 2.75) is 20.3 Å². The predicted octanol–water partition coefficient (Wildman–Crippen LogP) is 3.12. The highest BCUT2D eigenvalue weighted by molar-refractivity contribution is 6.35. The van der Waals surface area contributed by atoms with Crippen molar-refractivity contribution >= 4 is 41.6 Å². The molecule has 0 saturated carbocycles. The number of nitrogen functional groups attached to an aromatic ring is 1. The van der Waals surface area contributed by atoms with Gasteiger partial charge in [-0.05, 0) is 30.7 Å². The summed E-state index contributed by atoms with van der Waals surface area (Å²) in [6, 6.07) is 9.78. The van der Waals surface area contributed by atoms with E-state index in [0.717, 1.165) is 4.90 Å². The number of hydrogen-bond donors (Lipinski definition) is 1. The first kappa shape index (κ1) is 18.5. The number of hydrogen-bond acceptors (Lipinski definition) is 5. The van der Waals surface area contributed by atoms with Crippen LogP contribution in [-0.2, 0) is 4.79 Å². The van der Waals surface area contributed by atoms with Crippen molar-refractivity contribution < 1.29 is 19.1 Å². The molecule has 130 valence electrons. The van der Waals surface area contributed by atoms with Crippen LogP contribution in [0.1, 0.15) is 39.6 Å². The van der Waals surface area contributed by atoms with Gasteiger partial charge in [-0.1, -0.05) is 25.1 Å². The smallest absolute Gasteiger partial charge is 0.311 e. The number of carbonyl (C=O) groups excluding carboxylic acids is 3. The molecule has 2 aromatic carbocycles. The largest absolute Gasteiger partial charge is 0.422 e. The maximum atomic E-state index is 12.8. The molecule has 0 aliphatic carbocycles. The first-order chi connectivity index (χ1) is 11.5. The molecule has 1 heterocycles. The molecular formula is C18H17ClN2O4. The quantitative estimate of drug-likeness (QED) is 0.393. The molecule has 0 saturated heterocycles. The van der Waals surface area contributed by atoms with Gasteiger partial charge in [-0.3, -0.25) is 14.4 Å². The summed E-state index contributed by atoms with van der Waals surface area (Å²) in [5, 5.41) is 0. The Labute approximate surface area is 151 Å². The third-order valence-electron chi connectivity index (χ3n) is 3.89. The molecule has 1 aliphatic heterocycles. The standard InChI is InChI=1S/C18H16N2O4.ClH/c1-3-14(21)24-16-12(19)8-5-9-13(16)20-17(22)11-7-4-6-10(2)15(11)18(20)23;/h4-9H,3,19H2,1-2H3;1H. The molecule has 0 unspecified atom stereocenters. The molecule has 3 rings (SSSR count). The lowest BCUT2D eigenvalue weighted by molar-refractivity contribution is -0.133. The van der Waals surface area contributed by atoms with E-state index in [9.17, 15) is 14.4 Å². The van der Waals surface area contributed by atoms with E-state index in [2.05, 4.69) is 0 Å². The number of halogens is 1. The lowest BCUT2D eigenvalue weighted by Crippen LogP contribution is -2.30. The second-order valence-electron chi connectivity index (χ2n) is 5.47. The van der Waals surface area contributed by atoms with E-state index >= 15 is 0 Å². The van der Waals surface area contributed by atoms with Gasteiger partial charge in [0.2, 0.25) is 0 Å². The zero-order valence-corrected chi connectivity index (χ0v) is 14.6. The molecule has 0 spiro atoms. The topological polar surface area (TPSA) is 89.7 Å². The van der Waals surface area contributed by atoms with Gasteiger partial charge < -0.3 is 10.5 Å². The zero-order valence-electron chi connectivity index (χ0n) is 13.7. The van der Waals surface area contributed by atoms with Crippen LogP contribution in [0.5, 0.6) is 5.75 Å². The Bertz CT molecular complexity index is 879. The highest BCUT2D eigenvalue weighted by Gasteiger charge is 2.39. The lowest BCUT2D eigenvalue weighted by atomic mass is 10.0. The van der Waals surface area contributed by atoms with Crippen LogP contribution in [-0.4, -0.2) is 17.8 Å². The molecule has 0 fully saturated rings. The molecule has 2 N–H and O–H groups in total. The van der Waals surface area contributed by atoms with Gasteiger partial charge in [-0.25, -0.2) is 4.90 Å². The molecule has 1 aliphatic rings. The summed E-state index contributed by atoms with van der Waals surface area (Å²) < 4.78 is 5.25. The van der Waals surface area contributed by atoms with Gasteiger partial charge in [0.25, 0.3) is 11.8 Å². The predicted molar refractivity (Wildman–Crippen MR) is 96.3 cm³/mol. The van der Waals surface area contributed by atoms with Crippen molar-refractivity contribution in [3.8, 4) is 5.75 Å². The summed E-state index contributed by atoms with van der Waals surface area (Å²) in [4.78, 5) is 38.1. The molecule has 0 atom stereocenters. The van der Waals surface area contributed by atoms with Crippen LogP contribution in [0.15, 0.2) is 36.4 Å². The van der Waals surface area contributed by atoms with Crippen molar-refractivity contribution in [1.82, 2.24) is 0 Å². The maximum Gasteiger partial charge on any atom is 0.311 e. The van der Waals surface area contributed by atoms with E-state index in [-0.39, 0.29) is 36.0 Å². The van der Waals surface area contributed by atoms with E-state index in [1.54, 1.807) is 44.2 Å². The second kappa shape index (κ2) is 6.94. The van der Waals surface area contributed by atoms with Crippen LogP contribution in [0.4, 0.5) is 11.4 Å². The number of nitrogens with two attached hydrogens (primary N) is 1. The van der Waals surface area contributed by atoms with E-state index < -0.39 is 17.8 Å². The number of amides is 2. The third kappa shape index (κ3) is 2.96. The number of ether oxygens (including phenoxy) is 1. The minimum atomic E-state index is -0.498. The van der Waals surface area contributed by atoms with Crippen LogP contribution >= 0.6 is 12.4 Å². The van der Waals surface area contributed by atoms with E-state index in [0.29, 0.717) is 16.7 Å². The summed E-state index contributed by atoms with van der Waals surface area (Å²) >= 11 is 0. The summed E-state index contributed by atoms with van der Waals surface area (Å²) in [5.74, 6) is -1.39. The Balaban J connectivity index is 0.00000225. The molecular weight excluding hydrogens is 344 g/mol. The number of fused-ring (bicyclic) bond motifs is 1. The van der Waals surface area contributed by atoms with Crippen LogP contribution in [0.2, 0.25) is 0 Å². The highest BCUT2D eigenvalue weighted by Crippen LogP contribution is 2.39. The van der Waals surface area contributed by atoms with Crippen LogP contribution in [0.3, 0.4) is 0 Å². The fourth-order valence-corrected chi connectivity index (χ4v) is 2.69. The maximum absolute atomic E-state index is 12.8. The third-order valence-corrected chi connectivity index (χ3v) is 3.89. The number of esters is 1. The minimum absolute atomic E-state index is 0. The Kier molecular flexibility index (Phi) is 5.13. The van der Waals surface area contributed by atoms with E-state index in [4.69, 9.17) is 10.5 Å². The number of benzene rings is 2. The number of rotatable bonds is 3. The molecule has 7 heteroatoms. The molecule has 6 nitrogen and oxygen atoms in total. The monoisotopic (exact) mass is 360 g/mol. The molecule has 2 amide bonds. The van der Waals surface area contributed by atoms with Gasteiger partial charge in [0.15, 0.2) is 5.75 Å². The summed E-state index contributed by atoms with van der Waals surface area (Å²) in [6.07, 6.45) is 0.148. The Morgan fingerprint density at radius 3 is 2.44 bits per heavy atom. The molecule has 2 aromatic rings. The average molecular weight is 361 g/mol. The Morgan fingerprint density at radius 2 is 1.80 bits per heavy atom. The van der Waals surface area contributed by atoms with Crippen molar-refractivity contribution in [1.29, 1.82) is 0 Å². The van der Waals surface area contributed by atoms with Crippen LogP contribution in [0.25, 0.3) is 0 Å². The van der Waals surface area contributed by atoms with Gasteiger partial charge in [0.05, 0.1) is 22.5 Å². The van der Waals surface area contributed by atoms with Gasteiger partial charge in [-0.15, -0.1) is 12.4 Å². The van der Waals surface area contributed by atoms with Gasteiger partial charge in [-0.2, -0.15) is 0 Å². The number of para-hydroxylation sites is 1. The van der Waals surface area contributed by atoms with Crippen molar-refractivity contribution in [2.75, 3.05) is 10.6 Å². The number of carbonyl (C=O) groups is 3. The summed E-state index contributed by atoms with van der Waals surface area (Å²) in [5.41, 5.74) is 7.64. The van der Waals surface area contributed by atoms with Crippen LogP contribution in [0, 0.1) is 6.92 Å². The van der Waals surface area contributed by atoms with E-state index in [1.807, 2.05) is 0 Å². The normalized spacial score (nSPS) is 12.6. The SMILES string of the molecule is CCC(=O)Oc1c(N)cccc1N1C(=O)c2cccc(C)c2C1=O.Cl. The lowest BCUT2D eigenvalue weighted by Gasteiger charge is -2.19. The number of anilines is 2. The fraction of sp³-hybridized carbons (Fsp3) is 0.167. The highest BCUT2D eigenvalue weighted by atomic mass is 35.5. The molecule has 0 aromatic heterocycles. The molecule has 25 heavy (non-hydrogen) atoms. The van der Waals surface area contributed by atoms with Gasteiger partial charge >= 0.3 is 5.97 Å². The first-order valence-corrected chi connectivity index (χ1v) is 7.53. The summed E-state index contributed by atoms with van der Waals surface area (Å²) in [7, 11) is 0. The number of aryl methyl sites for hydroxylation is 1. The second-order valence-corrected chi connectivity index (χ2v) is 5.47. The van der Waals surface area contributed by atoms with Crippen molar-refractivity contribution in [3.05, 3.63) is 53.1 Å². The Morgan fingerprint density at radius 1 is 1.12 bits per heavy atom. The van der Waals surface area contributed by atoms with Gasteiger partial charge in [0, 0.05) is 6.42 Å². The van der Waals surface area contributed by atoms with Crippen LogP contribution < -0.4 is 15.4 Å². The van der Waals surface area contributed by atoms with Gasteiger partial charge in [0.1, 0.15) is 0 Å². The Hall–Kier alpha value is -2.86. The summed E-state index contributed by atoms with van der Waals surface area (Å²) in [6.45, 7) is 3.41. The average Bonchev–Trinajstić information content (AvgIpc) is 2.82. The van der Waals surface area contributed by atoms with Crippen molar-refractivity contribution in [3.63, 3.8) is 0 Å². The minimum Gasteiger partial charge on any atom is -0.422 e.